The van der Waals surface area contributed by atoms with Crippen LogP contribution in [0.1, 0.15) is 5.56 Å². The van der Waals surface area contributed by atoms with Gasteiger partial charge in [0, 0.05) is 5.38 Å². The third kappa shape index (κ3) is 2.58. The van der Waals surface area contributed by atoms with Gasteiger partial charge in [-0.25, -0.2) is 17.2 Å². The first-order chi connectivity index (χ1) is 9.24. The third-order valence-electron chi connectivity index (χ3n) is 2.55. The van der Waals surface area contributed by atoms with Crippen LogP contribution in [0.25, 0.3) is 0 Å². The Labute approximate surface area is 123 Å². The molecule has 2 aromatic rings. The summed E-state index contributed by atoms with van der Waals surface area (Å²) < 4.78 is 53.0. The summed E-state index contributed by atoms with van der Waals surface area (Å²) in [7, 11) is -4.01. The fraction of sp³-hybridized carbons (Fsp3) is 0.0909. The number of sulfonamides is 1. The molecule has 0 aliphatic rings. The van der Waals surface area contributed by atoms with Gasteiger partial charge in [0.2, 0.25) is 0 Å². The minimum atomic E-state index is -4.01. The lowest BCUT2D eigenvalue weighted by Gasteiger charge is -2.10. The van der Waals surface area contributed by atoms with Crippen LogP contribution in [0.4, 0.5) is 20.2 Å². The van der Waals surface area contributed by atoms with Gasteiger partial charge in [-0.15, -0.1) is 11.3 Å². The third-order valence-corrected chi connectivity index (χ3v) is 6.17. The lowest BCUT2D eigenvalue weighted by molar-refractivity contribution is 0.590. The predicted molar refractivity (Wildman–Crippen MR) is 75.6 cm³/mol. The van der Waals surface area contributed by atoms with E-state index in [9.17, 15) is 17.2 Å². The van der Waals surface area contributed by atoms with Gasteiger partial charge in [-0.05, 0) is 24.6 Å². The van der Waals surface area contributed by atoms with Crippen LogP contribution < -0.4 is 10.5 Å². The van der Waals surface area contributed by atoms with Crippen LogP contribution in [0.15, 0.2) is 21.7 Å². The van der Waals surface area contributed by atoms with Crippen LogP contribution in [0.2, 0.25) is 5.02 Å². The molecule has 1 aromatic heterocycles. The minimum Gasteiger partial charge on any atom is -0.394 e. The maximum atomic E-state index is 13.7. The highest BCUT2D eigenvalue weighted by Crippen LogP contribution is 2.32. The summed E-state index contributed by atoms with van der Waals surface area (Å²) in [5.41, 5.74) is 4.36. The number of halogens is 3. The highest BCUT2D eigenvalue weighted by molar-refractivity contribution is 7.94. The molecule has 0 amide bonds. The van der Waals surface area contributed by atoms with E-state index in [-0.39, 0.29) is 4.21 Å². The summed E-state index contributed by atoms with van der Waals surface area (Å²) in [5.74, 6) is -2.12. The molecule has 0 bridgehead atoms. The second-order valence-corrected chi connectivity index (χ2v) is 7.09. The molecule has 0 spiro atoms. The summed E-state index contributed by atoms with van der Waals surface area (Å²) >= 11 is 6.70. The van der Waals surface area contributed by atoms with Crippen molar-refractivity contribution in [3.8, 4) is 0 Å². The average molecular weight is 339 g/mol. The van der Waals surface area contributed by atoms with E-state index in [1.807, 2.05) is 4.72 Å². The Hall–Kier alpha value is -1.38. The molecular formula is C11H9ClF2N2O2S2. The van der Waals surface area contributed by atoms with E-state index >= 15 is 0 Å². The van der Waals surface area contributed by atoms with E-state index in [2.05, 4.69) is 0 Å². The number of benzene rings is 1. The number of nitrogens with two attached hydrogens (primary N) is 1. The summed E-state index contributed by atoms with van der Waals surface area (Å²) in [6.45, 7) is 1.53. The fourth-order valence-electron chi connectivity index (χ4n) is 1.48. The summed E-state index contributed by atoms with van der Waals surface area (Å²) in [4.78, 5) is 0. The standard InChI is InChI=1S/C11H9ClF2N2O2S2/c1-5-6(12)4-19-11(5)20(17,18)16-8-3-2-7(13)10(15)9(8)14/h2-4,16H,15H2,1H3. The smallest absolute Gasteiger partial charge is 0.271 e. The maximum Gasteiger partial charge on any atom is 0.271 e. The molecule has 1 heterocycles. The topological polar surface area (TPSA) is 72.2 Å². The molecule has 0 saturated carbocycles. The van der Waals surface area contributed by atoms with Crippen LogP contribution in [0.5, 0.6) is 0 Å². The van der Waals surface area contributed by atoms with Gasteiger partial charge in [-0.3, -0.25) is 4.72 Å². The Morgan fingerprint density at radius 2 is 2.00 bits per heavy atom. The quantitative estimate of drug-likeness (QED) is 0.843. The van der Waals surface area contributed by atoms with Gasteiger partial charge in [0.25, 0.3) is 10.0 Å². The van der Waals surface area contributed by atoms with Crippen molar-refractivity contribution in [3.05, 3.63) is 39.7 Å². The lowest BCUT2D eigenvalue weighted by atomic mass is 10.2. The molecule has 1 aromatic carbocycles. The van der Waals surface area contributed by atoms with E-state index < -0.39 is 33.0 Å². The summed E-state index contributed by atoms with van der Waals surface area (Å²) in [6.07, 6.45) is 0. The SMILES string of the molecule is Cc1c(Cl)csc1S(=O)(=O)Nc1ccc(F)c(N)c1F. The highest BCUT2D eigenvalue weighted by Gasteiger charge is 2.23. The van der Waals surface area contributed by atoms with Gasteiger partial charge in [-0.1, -0.05) is 11.6 Å². The van der Waals surface area contributed by atoms with Crippen molar-refractivity contribution in [2.45, 2.75) is 11.1 Å². The van der Waals surface area contributed by atoms with Gasteiger partial charge < -0.3 is 5.73 Å². The van der Waals surface area contributed by atoms with Crippen molar-refractivity contribution in [1.82, 2.24) is 0 Å². The predicted octanol–water partition coefficient (Wildman–Crippen LogP) is 3.37. The van der Waals surface area contributed by atoms with Crippen molar-refractivity contribution in [2.75, 3.05) is 10.5 Å². The zero-order valence-electron chi connectivity index (χ0n) is 10.1. The number of nitrogen functional groups attached to an aromatic ring is 1. The Bertz CT molecular complexity index is 775. The normalized spacial score (nSPS) is 11.6. The van der Waals surface area contributed by atoms with E-state index in [4.69, 9.17) is 17.3 Å². The zero-order valence-corrected chi connectivity index (χ0v) is 12.5. The maximum absolute atomic E-state index is 13.7. The van der Waals surface area contributed by atoms with Crippen molar-refractivity contribution < 1.29 is 17.2 Å². The lowest BCUT2D eigenvalue weighted by Crippen LogP contribution is -2.14. The molecule has 20 heavy (non-hydrogen) atoms. The van der Waals surface area contributed by atoms with Gasteiger partial charge in [-0.2, -0.15) is 0 Å². The number of nitrogens with one attached hydrogen (secondary N) is 1. The zero-order chi connectivity index (χ0) is 15.1. The number of anilines is 2. The number of rotatable bonds is 3. The minimum absolute atomic E-state index is 0.0372. The largest absolute Gasteiger partial charge is 0.394 e. The molecule has 0 saturated heterocycles. The van der Waals surface area contributed by atoms with E-state index in [0.717, 1.165) is 23.5 Å². The van der Waals surface area contributed by atoms with Crippen molar-refractivity contribution in [1.29, 1.82) is 0 Å². The van der Waals surface area contributed by atoms with E-state index in [1.54, 1.807) is 0 Å². The Morgan fingerprint density at radius 3 is 2.55 bits per heavy atom. The van der Waals surface area contributed by atoms with Gasteiger partial charge in [0.05, 0.1) is 10.7 Å². The number of thiophene rings is 1. The Balaban J connectivity index is 2.44. The van der Waals surface area contributed by atoms with Gasteiger partial charge in [0.1, 0.15) is 15.7 Å². The first-order valence-corrected chi connectivity index (χ1v) is 7.98. The monoisotopic (exact) mass is 338 g/mol. The summed E-state index contributed by atoms with van der Waals surface area (Å²) in [6, 6.07) is 1.84. The van der Waals surface area contributed by atoms with Crippen LogP contribution in [-0.2, 0) is 10.0 Å². The van der Waals surface area contributed by atoms with Gasteiger partial charge in [0.15, 0.2) is 5.82 Å². The van der Waals surface area contributed by atoms with Crippen LogP contribution in [0, 0.1) is 18.6 Å². The van der Waals surface area contributed by atoms with Crippen molar-refractivity contribution in [2.24, 2.45) is 0 Å². The molecule has 0 aliphatic heterocycles. The molecule has 2 rings (SSSR count). The summed E-state index contributed by atoms with van der Waals surface area (Å²) in [5, 5.41) is 1.76. The molecular weight excluding hydrogens is 330 g/mol. The van der Waals surface area contributed by atoms with E-state index in [0.29, 0.717) is 10.6 Å². The second kappa shape index (κ2) is 5.19. The first-order valence-electron chi connectivity index (χ1n) is 5.24. The molecule has 0 fully saturated rings. The fourth-order valence-corrected chi connectivity index (χ4v) is 4.33. The van der Waals surface area contributed by atoms with Gasteiger partial charge >= 0.3 is 0 Å². The second-order valence-electron chi connectivity index (χ2n) is 3.92. The molecule has 9 heteroatoms. The molecule has 4 nitrogen and oxygen atoms in total. The highest BCUT2D eigenvalue weighted by atomic mass is 35.5. The molecule has 3 N–H and O–H groups in total. The molecule has 0 unspecified atom stereocenters. The Kier molecular flexibility index (Phi) is 3.90. The van der Waals surface area contributed by atoms with Crippen LogP contribution in [0.3, 0.4) is 0 Å². The number of hydrogen-bond donors (Lipinski definition) is 2. The Morgan fingerprint density at radius 1 is 1.35 bits per heavy atom. The molecule has 108 valence electrons. The first kappa shape index (κ1) is 15.0. The molecule has 0 atom stereocenters. The van der Waals surface area contributed by atoms with Crippen LogP contribution >= 0.6 is 22.9 Å². The van der Waals surface area contributed by atoms with Crippen LogP contribution in [-0.4, -0.2) is 8.42 Å². The average Bonchev–Trinajstić information content (AvgIpc) is 2.71. The molecule has 0 radical (unpaired) electrons. The molecule has 0 aliphatic carbocycles. The van der Waals surface area contributed by atoms with Crippen molar-refractivity contribution >= 4 is 44.3 Å². The number of hydrogen-bond acceptors (Lipinski definition) is 4. The van der Waals surface area contributed by atoms with E-state index in [1.165, 1.54) is 12.3 Å². The van der Waals surface area contributed by atoms with Crippen molar-refractivity contribution in [3.63, 3.8) is 0 Å².